The quantitative estimate of drug-likeness (QED) is 0.817. The van der Waals surface area contributed by atoms with Gasteiger partial charge in [-0.25, -0.2) is 0 Å². The van der Waals surface area contributed by atoms with Crippen molar-refractivity contribution in [1.29, 1.82) is 0 Å². The minimum atomic E-state index is -0.505. The van der Waals surface area contributed by atoms with Gasteiger partial charge in [-0.05, 0) is 33.8 Å². The number of nitrogens with one attached hydrogen (secondary N) is 1. The molecule has 2 rings (SSSR count). The van der Waals surface area contributed by atoms with E-state index >= 15 is 0 Å². The lowest BCUT2D eigenvalue weighted by atomic mass is 9.78. The first-order chi connectivity index (χ1) is 8.73. The zero-order valence-electron chi connectivity index (χ0n) is 12.0. The van der Waals surface area contributed by atoms with Gasteiger partial charge in [-0.2, -0.15) is 0 Å². The van der Waals surface area contributed by atoms with Gasteiger partial charge in [0.1, 0.15) is 0 Å². The number of carbonyl (C=O) groups is 1. The van der Waals surface area contributed by atoms with Crippen LogP contribution in [-0.4, -0.2) is 29.2 Å². The standard InChI is InChI=1S/C13H19BN2O3/c1-9(17)16-11-8-15-7-6-10(11)14-18-12(2,3)13(4,5)19-14/h6-8H,1-5H3,(H,16,17). The minimum absolute atomic E-state index is 0.147. The SMILES string of the molecule is CC(=O)Nc1cnccc1B1OC(C)(C)C(C)(C)O1. The fraction of sp³-hybridized carbons (Fsp3) is 0.538. The van der Waals surface area contributed by atoms with E-state index in [1.165, 1.54) is 6.92 Å². The summed E-state index contributed by atoms with van der Waals surface area (Å²) in [5.74, 6) is -0.147. The third-order valence-electron chi connectivity index (χ3n) is 3.67. The smallest absolute Gasteiger partial charge is 0.399 e. The molecule has 2 heterocycles. The Balaban J connectivity index is 2.32. The predicted molar refractivity (Wildman–Crippen MR) is 74.3 cm³/mol. The highest BCUT2D eigenvalue weighted by molar-refractivity contribution is 6.64. The molecule has 1 saturated heterocycles. The molecule has 1 fully saturated rings. The number of anilines is 1. The number of hydrogen-bond acceptors (Lipinski definition) is 4. The summed E-state index contributed by atoms with van der Waals surface area (Å²) in [7, 11) is -0.505. The highest BCUT2D eigenvalue weighted by atomic mass is 16.7. The van der Waals surface area contributed by atoms with Crippen LogP contribution in [0.4, 0.5) is 5.69 Å². The van der Waals surface area contributed by atoms with E-state index in [1.54, 1.807) is 18.5 Å². The second kappa shape index (κ2) is 4.61. The molecule has 102 valence electrons. The number of hydrogen-bond donors (Lipinski definition) is 1. The van der Waals surface area contributed by atoms with Crippen molar-refractivity contribution in [3.8, 4) is 0 Å². The van der Waals surface area contributed by atoms with Crippen molar-refractivity contribution in [3.05, 3.63) is 18.5 Å². The molecule has 1 N–H and O–H groups in total. The van der Waals surface area contributed by atoms with Crippen molar-refractivity contribution in [2.75, 3.05) is 5.32 Å². The van der Waals surface area contributed by atoms with Crippen LogP contribution in [0.1, 0.15) is 34.6 Å². The molecule has 6 heteroatoms. The molecule has 5 nitrogen and oxygen atoms in total. The van der Waals surface area contributed by atoms with Gasteiger partial charge in [-0.15, -0.1) is 0 Å². The van der Waals surface area contributed by atoms with Crippen molar-refractivity contribution in [2.45, 2.75) is 45.8 Å². The number of carbonyl (C=O) groups excluding carboxylic acids is 1. The van der Waals surface area contributed by atoms with Crippen molar-refractivity contribution < 1.29 is 14.1 Å². The zero-order valence-corrected chi connectivity index (χ0v) is 12.0. The van der Waals surface area contributed by atoms with Crippen molar-refractivity contribution in [2.24, 2.45) is 0 Å². The molecule has 1 aromatic heterocycles. The second-order valence-electron chi connectivity index (χ2n) is 5.73. The van der Waals surface area contributed by atoms with Gasteiger partial charge in [-0.1, -0.05) is 0 Å². The third-order valence-corrected chi connectivity index (χ3v) is 3.67. The van der Waals surface area contributed by atoms with Crippen molar-refractivity contribution >= 4 is 24.2 Å². The molecule has 0 unspecified atom stereocenters. The van der Waals surface area contributed by atoms with Gasteiger partial charge < -0.3 is 14.6 Å². The first kappa shape index (κ1) is 14.0. The van der Waals surface area contributed by atoms with Crippen LogP contribution in [0, 0.1) is 0 Å². The molecule has 0 radical (unpaired) electrons. The van der Waals surface area contributed by atoms with Crippen molar-refractivity contribution in [3.63, 3.8) is 0 Å². The van der Waals surface area contributed by atoms with E-state index in [4.69, 9.17) is 9.31 Å². The summed E-state index contributed by atoms with van der Waals surface area (Å²) in [4.78, 5) is 15.2. The molecule has 1 aliphatic heterocycles. The van der Waals surface area contributed by atoms with Gasteiger partial charge in [0.2, 0.25) is 5.91 Å². The molecule has 0 saturated carbocycles. The fourth-order valence-electron chi connectivity index (χ4n) is 1.87. The lowest BCUT2D eigenvalue weighted by molar-refractivity contribution is -0.114. The Bertz CT molecular complexity index is 486. The highest BCUT2D eigenvalue weighted by Crippen LogP contribution is 2.36. The summed E-state index contributed by atoms with van der Waals surface area (Å²) >= 11 is 0. The number of aromatic nitrogens is 1. The van der Waals surface area contributed by atoms with Crippen LogP contribution in [0.25, 0.3) is 0 Å². The summed E-state index contributed by atoms with van der Waals surface area (Å²) in [6.07, 6.45) is 3.26. The van der Waals surface area contributed by atoms with E-state index in [9.17, 15) is 4.79 Å². The van der Waals surface area contributed by atoms with Crippen LogP contribution < -0.4 is 10.8 Å². The zero-order chi connectivity index (χ0) is 14.3. The monoisotopic (exact) mass is 262 g/mol. The summed E-state index contributed by atoms with van der Waals surface area (Å²) in [6.45, 7) is 9.43. The topological polar surface area (TPSA) is 60.5 Å². The van der Waals surface area contributed by atoms with E-state index in [1.807, 2.05) is 27.7 Å². The lowest BCUT2D eigenvalue weighted by Crippen LogP contribution is -2.41. The van der Waals surface area contributed by atoms with Crippen LogP contribution in [-0.2, 0) is 14.1 Å². The maximum atomic E-state index is 11.2. The van der Waals surface area contributed by atoms with Crippen molar-refractivity contribution in [1.82, 2.24) is 4.98 Å². The second-order valence-corrected chi connectivity index (χ2v) is 5.73. The van der Waals surface area contributed by atoms with E-state index in [0.29, 0.717) is 5.69 Å². The van der Waals surface area contributed by atoms with Gasteiger partial charge in [0.05, 0.1) is 23.1 Å². The third kappa shape index (κ3) is 2.64. The average Bonchev–Trinajstić information content (AvgIpc) is 2.48. The fourth-order valence-corrected chi connectivity index (χ4v) is 1.87. The average molecular weight is 262 g/mol. The Kier molecular flexibility index (Phi) is 3.41. The molecule has 1 aliphatic rings. The van der Waals surface area contributed by atoms with E-state index in [2.05, 4.69) is 10.3 Å². The van der Waals surface area contributed by atoms with E-state index in [0.717, 1.165) is 5.46 Å². The predicted octanol–water partition coefficient (Wildman–Crippen LogP) is 1.34. The molecule has 1 amide bonds. The molecule has 0 aliphatic carbocycles. The number of pyridine rings is 1. The summed E-state index contributed by atoms with van der Waals surface area (Å²) in [5.41, 5.74) is 0.584. The van der Waals surface area contributed by atoms with E-state index < -0.39 is 18.3 Å². The summed E-state index contributed by atoms with van der Waals surface area (Å²) in [5, 5.41) is 2.74. The first-order valence-corrected chi connectivity index (χ1v) is 6.30. The minimum Gasteiger partial charge on any atom is -0.399 e. The molecule has 19 heavy (non-hydrogen) atoms. The maximum Gasteiger partial charge on any atom is 0.497 e. The maximum absolute atomic E-state index is 11.2. The largest absolute Gasteiger partial charge is 0.497 e. The summed E-state index contributed by atoms with van der Waals surface area (Å²) in [6, 6.07) is 1.80. The Morgan fingerprint density at radius 2 is 1.84 bits per heavy atom. The molecule has 0 atom stereocenters. The van der Waals surface area contributed by atoms with Crippen LogP contribution in [0.3, 0.4) is 0 Å². The Hall–Kier alpha value is -1.40. The molecule has 0 aromatic carbocycles. The van der Waals surface area contributed by atoms with Crippen LogP contribution in [0.15, 0.2) is 18.5 Å². The number of rotatable bonds is 2. The van der Waals surface area contributed by atoms with Gasteiger partial charge >= 0.3 is 7.12 Å². The van der Waals surface area contributed by atoms with Gasteiger partial charge in [-0.3, -0.25) is 9.78 Å². The Morgan fingerprint density at radius 3 is 2.37 bits per heavy atom. The van der Waals surface area contributed by atoms with Crippen LogP contribution in [0.5, 0.6) is 0 Å². The summed E-state index contributed by atoms with van der Waals surface area (Å²) < 4.78 is 11.9. The normalized spacial score (nSPS) is 20.4. The molecular formula is C13H19BN2O3. The van der Waals surface area contributed by atoms with Gasteiger partial charge in [0.25, 0.3) is 0 Å². The van der Waals surface area contributed by atoms with Crippen LogP contribution >= 0.6 is 0 Å². The Labute approximate surface area is 113 Å². The van der Waals surface area contributed by atoms with Crippen LogP contribution in [0.2, 0.25) is 0 Å². The molecule has 1 aromatic rings. The highest BCUT2D eigenvalue weighted by Gasteiger charge is 2.52. The van der Waals surface area contributed by atoms with Gasteiger partial charge in [0.15, 0.2) is 0 Å². The first-order valence-electron chi connectivity index (χ1n) is 6.30. The Morgan fingerprint density at radius 1 is 1.26 bits per heavy atom. The van der Waals surface area contributed by atoms with Gasteiger partial charge in [0, 0.05) is 18.6 Å². The van der Waals surface area contributed by atoms with E-state index in [-0.39, 0.29) is 5.91 Å². The molecular weight excluding hydrogens is 243 g/mol. The number of nitrogens with zero attached hydrogens (tertiary/aromatic N) is 1. The molecule has 0 bridgehead atoms. The number of amides is 1. The lowest BCUT2D eigenvalue weighted by Gasteiger charge is -2.32. The molecule has 0 spiro atoms.